The van der Waals surface area contributed by atoms with Crippen molar-refractivity contribution < 1.29 is 26.8 Å². The van der Waals surface area contributed by atoms with E-state index in [1.165, 1.54) is 11.2 Å². The smallest absolute Gasteiger partial charge is 0.320 e. The quantitative estimate of drug-likeness (QED) is 0.460. The standard InChI is InChI=1S/C32H40F2N4O4S.ClH/c1-43(41,42)27-9-7-24(8-10-27)19-36-17-13-31(29(36)39)11-15-35(16-12-31)20-26-21-38(22-28(26)25-5-3-2-4-6-25)30(40)37-18-14-32(33,34)23-37;/h2-10,26,28H,11-23H2,1H3;1H. The van der Waals surface area contributed by atoms with Crippen molar-refractivity contribution in [2.75, 3.05) is 58.6 Å². The highest BCUT2D eigenvalue weighted by atomic mass is 35.5. The first kappa shape index (κ1) is 32.6. The molecule has 3 amide bonds. The van der Waals surface area contributed by atoms with E-state index in [1.807, 2.05) is 23.1 Å². The fourth-order valence-electron chi connectivity index (χ4n) is 7.45. The van der Waals surface area contributed by atoms with Crippen LogP contribution in [0.3, 0.4) is 0 Å². The van der Waals surface area contributed by atoms with E-state index in [9.17, 15) is 26.8 Å². The van der Waals surface area contributed by atoms with Crippen molar-refractivity contribution >= 4 is 34.2 Å². The molecule has 0 N–H and O–H groups in total. The molecule has 240 valence electrons. The number of halogens is 3. The summed E-state index contributed by atoms with van der Waals surface area (Å²) in [7, 11) is -3.26. The lowest BCUT2D eigenvalue weighted by Gasteiger charge is -2.39. The number of hydrogen-bond acceptors (Lipinski definition) is 5. The zero-order valence-corrected chi connectivity index (χ0v) is 26.7. The van der Waals surface area contributed by atoms with Crippen LogP contribution in [0.5, 0.6) is 0 Å². The third kappa shape index (κ3) is 6.74. The van der Waals surface area contributed by atoms with E-state index in [1.54, 1.807) is 29.2 Å². The van der Waals surface area contributed by atoms with Gasteiger partial charge in [0.25, 0.3) is 5.92 Å². The maximum Gasteiger partial charge on any atom is 0.320 e. The Bertz CT molecular complexity index is 1450. The molecule has 0 aliphatic carbocycles. The Morgan fingerprint density at radius 2 is 1.55 bits per heavy atom. The third-order valence-corrected chi connectivity index (χ3v) is 11.1. The summed E-state index contributed by atoms with van der Waals surface area (Å²) in [5, 5.41) is 0. The molecule has 12 heteroatoms. The van der Waals surface area contributed by atoms with Crippen molar-refractivity contribution in [3.63, 3.8) is 0 Å². The highest BCUT2D eigenvalue weighted by molar-refractivity contribution is 7.90. The Kier molecular flexibility index (Phi) is 9.31. The van der Waals surface area contributed by atoms with Gasteiger partial charge in [-0.25, -0.2) is 22.0 Å². The van der Waals surface area contributed by atoms with Gasteiger partial charge in [-0.3, -0.25) is 4.79 Å². The van der Waals surface area contributed by atoms with Gasteiger partial charge < -0.3 is 19.6 Å². The van der Waals surface area contributed by atoms with Gasteiger partial charge >= 0.3 is 6.03 Å². The topological polar surface area (TPSA) is 81.2 Å². The summed E-state index contributed by atoms with van der Waals surface area (Å²) in [6, 6.07) is 16.6. The molecule has 6 rings (SSSR count). The summed E-state index contributed by atoms with van der Waals surface area (Å²) in [6.07, 6.45) is 3.29. The van der Waals surface area contributed by atoms with Gasteiger partial charge in [0.05, 0.1) is 16.9 Å². The van der Waals surface area contributed by atoms with Crippen LogP contribution in [-0.2, 0) is 21.2 Å². The number of sulfone groups is 1. The minimum Gasteiger partial charge on any atom is -0.338 e. The second-order valence-electron chi connectivity index (χ2n) is 13.0. The summed E-state index contributed by atoms with van der Waals surface area (Å²) in [4.78, 5) is 34.5. The van der Waals surface area contributed by atoms with Crippen molar-refractivity contribution in [2.24, 2.45) is 11.3 Å². The van der Waals surface area contributed by atoms with Crippen LogP contribution in [0.1, 0.15) is 42.7 Å². The Morgan fingerprint density at radius 3 is 2.16 bits per heavy atom. The fourth-order valence-corrected chi connectivity index (χ4v) is 8.09. The van der Waals surface area contributed by atoms with Crippen LogP contribution in [0.25, 0.3) is 0 Å². The lowest BCUT2D eigenvalue weighted by molar-refractivity contribution is -0.139. The molecule has 1 spiro atoms. The lowest BCUT2D eigenvalue weighted by atomic mass is 9.76. The second-order valence-corrected chi connectivity index (χ2v) is 15.0. The Labute approximate surface area is 264 Å². The number of hydrogen-bond donors (Lipinski definition) is 0. The highest BCUT2D eigenvalue weighted by Crippen LogP contribution is 2.43. The summed E-state index contributed by atoms with van der Waals surface area (Å²) in [5.41, 5.74) is 1.72. The molecule has 2 aromatic rings. The number of nitrogens with zero attached hydrogens (tertiary/aromatic N) is 4. The first-order valence-corrected chi connectivity index (χ1v) is 17.1. The largest absolute Gasteiger partial charge is 0.338 e. The molecule has 4 aliphatic rings. The minimum absolute atomic E-state index is 0. The van der Waals surface area contributed by atoms with E-state index in [-0.39, 0.29) is 59.5 Å². The number of carbonyl (C=O) groups excluding carboxylic acids is 2. The minimum atomic E-state index is -3.26. The van der Waals surface area contributed by atoms with E-state index in [0.29, 0.717) is 26.2 Å². The van der Waals surface area contributed by atoms with Crippen LogP contribution in [-0.4, -0.2) is 104 Å². The molecule has 0 bridgehead atoms. The summed E-state index contributed by atoms with van der Waals surface area (Å²) in [6.45, 7) is 4.20. The molecule has 4 heterocycles. The van der Waals surface area contributed by atoms with E-state index in [0.717, 1.165) is 50.0 Å². The zero-order valence-electron chi connectivity index (χ0n) is 25.0. The van der Waals surface area contributed by atoms with Gasteiger partial charge in [-0.15, -0.1) is 12.4 Å². The molecule has 4 fully saturated rings. The molecule has 0 aromatic heterocycles. The van der Waals surface area contributed by atoms with E-state index in [2.05, 4.69) is 17.0 Å². The Morgan fingerprint density at radius 1 is 0.886 bits per heavy atom. The summed E-state index contributed by atoms with van der Waals surface area (Å²) >= 11 is 0. The van der Waals surface area contributed by atoms with Crippen LogP contribution < -0.4 is 0 Å². The fraction of sp³-hybridized carbons (Fsp3) is 0.562. The molecule has 4 saturated heterocycles. The molecule has 2 atom stereocenters. The number of carbonyl (C=O) groups is 2. The lowest BCUT2D eigenvalue weighted by Crippen LogP contribution is -2.46. The van der Waals surface area contributed by atoms with Crippen molar-refractivity contribution in [3.8, 4) is 0 Å². The predicted octanol–water partition coefficient (Wildman–Crippen LogP) is 4.50. The van der Waals surface area contributed by atoms with Gasteiger partial charge in [0, 0.05) is 57.9 Å². The molecule has 44 heavy (non-hydrogen) atoms. The Balaban J connectivity index is 0.00000384. The van der Waals surface area contributed by atoms with Crippen LogP contribution in [0.4, 0.5) is 13.6 Å². The van der Waals surface area contributed by atoms with Gasteiger partial charge in [0.2, 0.25) is 5.91 Å². The van der Waals surface area contributed by atoms with Crippen molar-refractivity contribution in [3.05, 3.63) is 65.7 Å². The molecule has 0 saturated carbocycles. The number of urea groups is 1. The summed E-state index contributed by atoms with van der Waals surface area (Å²) in [5.74, 6) is -2.33. The average molecular weight is 651 g/mol. The molecular formula is C32H41ClF2N4O4S. The van der Waals surface area contributed by atoms with Gasteiger partial charge in [-0.1, -0.05) is 42.5 Å². The molecule has 4 aliphatic heterocycles. The second kappa shape index (κ2) is 12.6. The van der Waals surface area contributed by atoms with E-state index < -0.39 is 22.3 Å². The molecule has 2 aromatic carbocycles. The first-order valence-electron chi connectivity index (χ1n) is 15.2. The van der Waals surface area contributed by atoms with Crippen LogP contribution in [0, 0.1) is 11.3 Å². The first-order chi connectivity index (χ1) is 20.4. The predicted molar refractivity (Wildman–Crippen MR) is 166 cm³/mol. The number of amides is 3. The average Bonchev–Trinajstić information content (AvgIpc) is 3.66. The zero-order chi connectivity index (χ0) is 30.4. The monoisotopic (exact) mass is 650 g/mol. The van der Waals surface area contributed by atoms with E-state index in [4.69, 9.17) is 0 Å². The van der Waals surface area contributed by atoms with Gasteiger partial charge in [-0.05, 0) is 61.5 Å². The maximum atomic E-state index is 13.8. The van der Waals surface area contributed by atoms with Crippen LogP contribution in [0.15, 0.2) is 59.5 Å². The molecule has 8 nitrogen and oxygen atoms in total. The Hall–Kier alpha value is -2.76. The number of rotatable bonds is 6. The van der Waals surface area contributed by atoms with Gasteiger partial charge in [0.15, 0.2) is 9.84 Å². The van der Waals surface area contributed by atoms with Gasteiger partial charge in [0.1, 0.15) is 0 Å². The van der Waals surface area contributed by atoms with Crippen LogP contribution >= 0.6 is 12.4 Å². The number of alkyl halides is 2. The van der Waals surface area contributed by atoms with E-state index >= 15 is 0 Å². The van der Waals surface area contributed by atoms with Crippen LogP contribution in [0.2, 0.25) is 0 Å². The van der Waals surface area contributed by atoms with Crippen molar-refractivity contribution in [1.82, 2.24) is 19.6 Å². The summed E-state index contributed by atoms with van der Waals surface area (Å²) < 4.78 is 51.2. The van der Waals surface area contributed by atoms with Gasteiger partial charge in [-0.2, -0.15) is 0 Å². The van der Waals surface area contributed by atoms with Crippen molar-refractivity contribution in [2.45, 2.75) is 49.0 Å². The molecule has 0 radical (unpaired) electrons. The third-order valence-electron chi connectivity index (χ3n) is 10.0. The molecule has 2 unspecified atom stereocenters. The number of piperidine rings is 1. The number of benzene rings is 2. The highest BCUT2D eigenvalue weighted by Gasteiger charge is 2.49. The normalized spacial score (nSPS) is 25.1. The maximum absolute atomic E-state index is 13.8. The molecular weight excluding hydrogens is 610 g/mol. The number of likely N-dealkylation sites (tertiary alicyclic amines) is 4. The van der Waals surface area contributed by atoms with Crippen molar-refractivity contribution in [1.29, 1.82) is 0 Å². The SMILES string of the molecule is CS(=O)(=O)c1ccc(CN2CCC3(CCN(CC4CN(C(=O)N5CCC(F)(F)C5)CC4c4ccccc4)CC3)C2=O)cc1.Cl.